The molecule has 2 aromatic rings. The summed E-state index contributed by atoms with van der Waals surface area (Å²) in [6.07, 6.45) is -6.38. The van der Waals surface area contributed by atoms with Gasteiger partial charge in [-0.1, -0.05) is 39.0 Å². The Morgan fingerprint density at radius 1 is 0.930 bits per heavy atom. The van der Waals surface area contributed by atoms with Gasteiger partial charge in [-0.2, -0.15) is 0 Å². The van der Waals surface area contributed by atoms with E-state index in [4.69, 9.17) is 37.9 Å². The van der Waals surface area contributed by atoms with E-state index >= 15 is 0 Å². The zero-order valence-corrected chi connectivity index (χ0v) is 44.9. The summed E-state index contributed by atoms with van der Waals surface area (Å²) < 4.78 is 76.0. The van der Waals surface area contributed by atoms with Crippen LogP contribution in [0.15, 0.2) is 35.4 Å². The van der Waals surface area contributed by atoms with Gasteiger partial charge in [-0.05, 0) is 86.1 Å². The molecule has 3 aliphatic heterocycles. The van der Waals surface area contributed by atoms with Crippen LogP contribution in [0.25, 0.3) is 0 Å². The van der Waals surface area contributed by atoms with Crippen LogP contribution < -0.4 is 4.74 Å². The molecule has 0 spiro atoms. The minimum atomic E-state index is -3.38. The molecule has 3 fully saturated rings. The lowest BCUT2D eigenvalue weighted by atomic mass is 9.74. The monoisotopic (exact) mass is 1030 g/mol. The third-order valence-corrected chi connectivity index (χ3v) is 16.4. The molecule has 20 nitrogen and oxygen atoms in total. The molecule has 18 atom stereocenters. The van der Waals surface area contributed by atoms with E-state index in [-0.39, 0.29) is 36.5 Å². The van der Waals surface area contributed by atoms with Crippen molar-refractivity contribution in [1.29, 1.82) is 0 Å². The van der Waals surface area contributed by atoms with E-state index in [0.29, 0.717) is 37.4 Å². The van der Waals surface area contributed by atoms with Gasteiger partial charge in [0.05, 0.1) is 64.8 Å². The third-order valence-electron chi connectivity index (χ3n) is 15.3. The van der Waals surface area contributed by atoms with Gasteiger partial charge in [-0.15, -0.1) is 5.10 Å². The number of carbonyl (C=O) groups excluding carboxylic acids is 2. The Kier molecular flexibility index (Phi) is 19.8. The molecule has 71 heavy (non-hydrogen) atoms. The number of ketones is 1. The van der Waals surface area contributed by atoms with Crippen LogP contribution in [0.2, 0.25) is 0 Å². The van der Waals surface area contributed by atoms with E-state index < -0.39 is 124 Å². The van der Waals surface area contributed by atoms with Crippen molar-refractivity contribution in [2.24, 2.45) is 23.7 Å². The molecule has 3 aliphatic rings. The molecule has 21 heteroatoms. The summed E-state index contributed by atoms with van der Waals surface area (Å²) in [6.45, 7) is 18.0. The number of aliphatic hydroxyl groups excluding tert-OH is 3. The SMILES string of the molecule is CC[C@H]1OC(=O)[C@H](C)[C@@H](O[C@H]2C[C@@](C)(OC)[C@@H](O)[C@H](C)O2)[C@H](C)[C@@H](O[C@@H]2O[C@H](C)C[C@H](N(C)CCc3cn(CCOc4cccc(S(C)(=O)=O)c4)nn3)[C@H]2O)[C@](C)(OC)C[C@@H](C)C(=O)[C@H](C)[C@@H](O)[C@]1(C)O. The summed E-state index contributed by atoms with van der Waals surface area (Å²) in [5.74, 6) is -4.39. The number of hydrogen-bond donors (Lipinski definition) is 4. The molecule has 404 valence electrons. The van der Waals surface area contributed by atoms with Crippen LogP contribution in [0.1, 0.15) is 101 Å². The quantitative estimate of drug-likeness (QED) is 0.176. The zero-order valence-electron chi connectivity index (χ0n) is 44.1. The molecule has 0 radical (unpaired) electrons. The predicted molar refractivity (Wildman–Crippen MR) is 259 cm³/mol. The summed E-state index contributed by atoms with van der Waals surface area (Å²) in [6, 6.07) is 5.84. The van der Waals surface area contributed by atoms with Crippen molar-refractivity contribution >= 4 is 21.6 Å². The fraction of sp³-hybridized carbons (Fsp3) is 0.800. The average molecular weight is 1030 g/mol. The number of benzene rings is 1. The number of esters is 1. The fourth-order valence-electron chi connectivity index (χ4n) is 10.6. The molecular weight excluding hydrogens is 945 g/mol. The Morgan fingerprint density at radius 2 is 1.61 bits per heavy atom. The lowest BCUT2D eigenvalue weighted by Gasteiger charge is -2.50. The fourth-order valence-corrected chi connectivity index (χ4v) is 11.2. The van der Waals surface area contributed by atoms with Crippen LogP contribution in [-0.2, 0) is 65.5 Å². The van der Waals surface area contributed by atoms with Crippen LogP contribution in [0, 0.1) is 23.7 Å². The van der Waals surface area contributed by atoms with E-state index in [2.05, 4.69) is 10.3 Å². The summed E-state index contributed by atoms with van der Waals surface area (Å²) in [5, 5.41) is 55.3. The molecular formula is C50H82N4O16S. The number of Topliss-reactive ketones (excluding diaryl/α,β-unsaturated/α-hetero) is 1. The molecule has 1 aromatic heterocycles. The second-order valence-electron chi connectivity index (χ2n) is 21.0. The number of aliphatic hydroxyl groups is 4. The van der Waals surface area contributed by atoms with Gasteiger partial charge in [0.15, 0.2) is 22.4 Å². The van der Waals surface area contributed by atoms with Gasteiger partial charge in [0.1, 0.15) is 42.1 Å². The van der Waals surface area contributed by atoms with E-state index in [9.17, 15) is 38.4 Å². The maximum Gasteiger partial charge on any atom is 0.311 e. The summed E-state index contributed by atoms with van der Waals surface area (Å²) >= 11 is 0. The average Bonchev–Trinajstić information content (AvgIpc) is 3.78. The number of methoxy groups -OCH3 is 2. The molecule has 0 bridgehead atoms. The number of aromatic nitrogens is 3. The standard InChI is InChI=1S/C50H82N4O16S/c1-15-38-50(10,60)43(57)30(4)40(55)28(2)25-49(9,64-13)45(31(5)42(32(6)46(59)68-38)69-39-26-48(8,63-12)44(58)33(7)67-39)70-47-41(56)37(23-29(3)66-47)53(11)20-19-34-27-54(52-51-34)21-22-65-35-17-16-18-36(24-35)71(14,61)62/h16-18,24,27-33,37-39,41-45,47,56-58,60H,15,19-23,25-26H2,1-14H3/t28-,29-,30+,31+,32-,33+,37+,38-,39+,41-,42+,43-,44+,45-,47+,48-,49-,50-/m1/s1. The third kappa shape index (κ3) is 13.8. The van der Waals surface area contributed by atoms with Crippen LogP contribution >= 0.6 is 0 Å². The van der Waals surface area contributed by atoms with Gasteiger partial charge in [0, 0.05) is 69.9 Å². The van der Waals surface area contributed by atoms with Gasteiger partial charge in [0.2, 0.25) is 0 Å². The smallest absolute Gasteiger partial charge is 0.311 e. The molecule has 4 N–H and O–H groups in total. The van der Waals surface area contributed by atoms with Crippen molar-refractivity contribution in [3.8, 4) is 5.75 Å². The highest BCUT2D eigenvalue weighted by Crippen LogP contribution is 2.42. The van der Waals surface area contributed by atoms with Crippen LogP contribution in [-0.4, -0.2) is 185 Å². The van der Waals surface area contributed by atoms with Gasteiger partial charge in [-0.25, -0.2) is 13.1 Å². The first-order valence-corrected chi connectivity index (χ1v) is 26.7. The van der Waals surface area contributed by atoms with Crippen molar-refractivity contribution in [2.75, 3.05) is 40.7 Å². The van der Waals surface area contributed by atoms with Crippen molar-refractivity contribution < 1.29 is 76.3 Å². The first-order chi connectivity index (χ1) is 33.1. The number of carbonyl (C=O) groups is 2. The second kappa shape index (κ2) is 24.0. The molecule has 3 saturated heterocycles. The molecule has 4 heterocycles. The highest BCUT2D eigenvalue weighted by molar-refractivity contribution is 7.90. The lowest BCUT2D eigenvalue weighted by Crippen LogP contribution is -2.61. The Hall–Kier alpha value is -3.19. The Bertz CT molecular complexity index is 2180. The first-order valence-electron chi connectivity index (χ1n) is 24.9. The number of cyclic esters (lactones) is 1. The molecule has 0 amide bonds. The minimum Gasteiger partial charge on any atom is -0.492 e. The lowest BCUT2D eigenvalue weighted by molar-refractivity contribution is -0.319. The number of rotatable bonds is 16. The normalized spacial score (nSPS) is 39.2. The van der Waals surface area contributed by atoms with Crippen molar-refractivity contribution in [3.63, 3.8) is 0 Å². The van der Waals surface area contributed by atoms with Gasteiger partial charge >= 0.3 is 5.97 Å². The van der Waals surface area contributed by atoms with E-state index in [1.165, 1.54) is 40.2 Å². The van der Waals surface area contributed by atoms with Gasteiger partial charge in [0.25, 0.3) is 0 Å². The number of nitrogens with zero attached hydrogens (tertiary/aromatic N) is 4. The first kappa shape index (κ1) is 58.7. The van der Waals surface area contributed by atoms with Crippen molar-refractivity contribution in [1.82, 2.24) is 19.9 Å². The molecule has 0 aliphatic carbocycles. The maximum atomic E-state index is 14.4. The number of hydrogen-bond acceptors (Lipinski definition) is 19. The Morgan fingerprint density at radius 3 is 2.24 bits per heavy atom. The van der Waals surface area contributed by atoms with Crippen LogP contribution in [0.5, 0.6) is 5.75 Å². The van der Waals surface area contributed by atoms with Crippen molar-refractivity contribution in [3.05, 3.63) is 36.2 Å². The second-order valence-corrected chi connectivity index (χ2v) is 23.0. The van der Waals surface area contributed by atoms with Gasteiger partial charge < -0.3 is 63.2 Å². The number of sulfone groups is 1. The summed E-state index contributed by atoms with van der Waals surface area (Å²) in [4.78, 5) is 30.9. The highest BCUT2D eigenvalue weighted by atomic mass is 32.2. The van der Waals surface area contributed by atoms with E-state index in [1.54, 1.807) is 58.4 Å². The van der Waals surface area contributed by atoms with Gasteiger partial charge in [-0.3, -0.25) is 9.59 Å². The predicted octanol–water partition coefficient (Wildman–Crippen LogP) is 3.13. The highest BCUT2D eigenvalue weighted by Gasteiger charge is 2.54. The zero-order chi connectivity index (χ0) is 53.0. The molecule has 0 saturated carbocycles. The number of ether oxygens (including phenoxy) is 8. The van der Waals surface area contributed by atoms with Crippen molar-refractivity contribution in [2.45, 2.75) is 197 Å². The molecule has 0 unspecified atom stereocenters. The topological polar surface area (TPSA) is 257 Å². The number of likely N-dealkylation sites (N-methyl/N-ethyl adjacent to an activating group) is 1. The summed E-state index contributed by atoms with van der Waals surface area (Å²) in [5.41, 5.74) is -3.73. The molecule has 1 aromatic carbocycles. The Balaban J connectivity index is 1.42. The minimum absolute atomic E-state index is 0.0507. The van der Waals surface area contributed by atoms with Crippen LogP contribution in [0.3, 0.4) is 0 Å². The maximum absolute atomic E-state index is 14.4. The Labute approximate surface area is 419 Å². The van der Waals surface area contributed by atoms with E-state index in [1.807, 2.05) is 32.0 Å². The summed E-state index contributed by atoms with van der Waals surface area (Å²) in [7, 11) is 1.49. The molecule has 5 rings (SSSR count). The van der Waals surface area contributed by atoms with E-state index in [0.717, 1.165) is 6.26 Å². The largest absolute Gasteiger partial charge is 0.492 e. The van der Waals surface area contributed by atoms with Crippen LogP contribution in [0.4, 0.5) is 0 Å².